The number of hydrogen-bond donors (Lipinski definition) is 0. The van der Waals surface area contributed by atoms with Crippen LogP contribution >= 0.6 is 0 Å². The highest BCUT2D eigenvalue weighted by Gasteiger charge is 2.00. The molecular formula is C9H22N4. The summed E-state index contributed by atoms with van der Waals surface area (Å²) >= 11 is 0. The predicted octanol–water partition coefficient (Wildman–Crippen LogP) is 0.722. The average molecular weight is 186 g/mol. The maximum absolute atomic E-state index is 4.31. The lowest BCUT2D eigenvalue weighted by atomic mass is 10.3. The summed E-state index contributed by atoms with van der Waals surface area (Å²) < 4.78 is 0. The monoisotopic (exact) mass is 186 g/mol. The van der Waals surface area contributed by atoms with E-state index in [4.69, 9.17) is 0 Å². The minimum Gasteiger partial charge on any atom is -0.303 e. The van der Waals surface area contributed by atoms with E-state index in [2.05, 4.69) is 29.1 Å². The SMILES string of the molecule is C/C(CCN(C)N(C)C)=N/N(C)C. The number of rotatable bonds is 5. The molecule has 0 fully saturated rings. The van der Waals surface area contributed by atoms with Crippen LogP contribution in [0.4, 0.5) is 0 Å². The van der Waals surface area contributed by atoms with Gasteiger partial charge in [-0.2, -0.15) is 5.10 Å². The molecule has 0 spiro atoms. The number of hydrogen-bond acceptors (Lipinski definition) is 4. The first-order valence-corrected chi connectivity index (χ1v) is 4.53. The Morgan fingerprint density at radius 1 is 1.08 bits per heavy atom. The van der Waals surface area contributed by atoms with E-state index in [0.29, 0.717) is 0 Å². The third-order valence-electron chi connectivity index (χ3n) is 1.85. The van der Waals surface area contributed by atoms with Gasteiger partial charge in [-0.05, 0) is 6.92 Å². The molecular weight excluding hydrogens is 164 g/mol. The lowest BCUT2D eigenvalue weighted by Gasteiger charge is -2.23. The zero-order chi connectivity index (χ0) is 10.4. The minimum atomic E-state index is 1.01. The van der Waals surface area contributed by atoms with Crippen molar-refractivity contribution < 1.29 is 0 Å². The van der Waals surface area contributed by atoms with E-state index in [-0.39, 0.29) is 0 Å². The molecule has 0 heterocycles. The summed E-state index contributed by atoms with van der Waals surface area (Å²) in [4.78, 5) is 0. The second-order valence-corrected chi connectivity index (χ2v) is 3.66. The Bertz CT molecular complexity index is 163. The van der Waals surface area contributed by atoms with Crippen LogP contribution in [0.5, 0.6) is 0 Å². The predicted molar refractivity (Wildman–Crippen MR) is 57.7 cm³/mol. The summed E-state index contributed by atoms with van der Waals surface area (Å²) in [6.45, 7) is 3.07. The average Bonchev–Trinajstić information content (AvgIpc) is 1.98. The van der Waals surface area contributed by atoms with Crippen molar-refractivity contribution in [3.8, 4) is 0 Å². The van der Waals surface area contributed by atoms with E-state index in [1.807, 2.05) is 33.2 Å². The van der Waals surface area contributed by atoms with Crippen LogP contribution in [0.2, 0.25) is 0 Å². The van der Waals surface area contributed by atoms with E-state index >= 15 is 0 Å². The molecule has 0 aliphatic carbocycles. The Labute approximate surface area is 81.8 Å². The molecule has 0 amide bonds. The highest BCUT2D eigenvalue weighted by molar-refractivity contribution is 5.81. The summed E-state index contributed by atoms with van der Waals surface area (Å²) in [5.41, 5.74) is 1.17. The highest BCUT2D eigenvalue weighted by atomic mass is 15.6. The van der Waals surface area contributed by atoms with Gasteiger partial charge in [-0.3, -0.25) is 0 Å². The van der Waals surface area contributed by atoms with Crippen molar-refractivity contribution in [1.29, 1.82) is 0 Å². The molecule has 13 heavy (non-hydrogen) atoms. The zero-order valence-corrected chi connectivity index (χ0v) is 9.70. The van der Waals surface area contributed by atoms with Gasteiger partial charge in [0.15, 0.2) is 0 Å². The molecule has 4 heteroatoms. The van der Waals surface area contributed by atoms with Crippen LogP contribution in [-0.4, -0.2) is 62.5 Å². The molecule has 0 saturated heterocycles. The van der Waals surface area contributed by atoms with E-state index < -0.39 is 0 Å². The standard InChI is InChI=1S/C9H22N4/c1-9(10-11(2)3)7-8-13(6)12(4)5/h7-8H2,1-6H3/b10-9-. The third kappa shape index (κ3) is 6.54. The molecule has 0 aliphatic rings. The quantitative estimate of drug-likeness (QED) is 0.466. The Morgan fingerprint density at radius 2 is 1.62 bits per heavy atom. The number of hydrazone groups is 1. The first kappa shape index (κ1) is 12.4. The van der Waals surface area contributed by atoms with Gasteiger partial charge in [-0.1, -0.05) is 0 Å². The summed E-state index contributed by atoms with van der Waals surface area (Å²) in [6, 6.07) is 0. The molecule has 0 saturated carbocycles. The van der Waals surface area contributed by atoms with E-state index in [9.17, 15) is 0 Å². The van der Waals surface area contributed by atoms with E-state index in [1.165, 1.54) is 5.71 Å². The summed E-state index contributed by atoms with van der Waals surface area (Å²) in [7, 11) is 10.0. The molecule has 0 atom stereocenters. The van der Waals surface area contributed by atoms with Gasteiger partial charge in [0.05, 0.1) is 0 Å². The molecule has 78 valence electrons. The number of nitrogens with zero attached hydrogens (tertiary/aromatic N) is 4. The summed E-state index contributed by atoms with van der Waals surface area (Å²) in [5, 5.41) is 10.4. The molecule has 0 bridgehead atoms. The van der Waals surface area contributed by atoms with Gasteiger partial charge >= 0.3 is 0 Å². The minimum absolute atomic E-state index is 1.01. The first-order chi connectivity index (χ1) is 5.93. The molecule has 0 aromatic rings. The Kier molecular flexibility index (Phi) is 5.66. The fraction of sp³-hybridized carbons (Fsp3) is 0.889. The first-order valence-electron chi connectivity index (χ1n) is 4.53. The van der Waals surface area contributed by atoms with E-state index in [1.54, 1.807) is 0 Å². The normalized spacial score (nSPS) is 12.8. The summed E-state index contributed by atoms with van der Waals surface area (Å²) in [6.07, 6.45) is 1.01. The van der Waals surface area contributed by atoms with Crippen LogP contribution in [-0.2, 0) is 0 Å². The Morgan fingerprint density at radius 3 is 2.00 bits per heavy atom. The zero-order valence-electron chi connectivity index (χ0n) is 9.70. The maximum Gasteiger partial charge on any atom is 0.0363 e. The van der Waals surface area contributed by atoms with Gasteiger partial charge in [0, 0.05) is 53.9 Å². The van der Waals surface area contributed by atoms with E-state index in [0.717, 1.165) is 13.0 Å². The second-order valence-electron chi connectivity index (χ2n) is 3.66. The molecule has 0 rings (SSSR count). The van der Waals surface area contributed by atoms with Gasteiger partial charge in [-0.15, -0.1) is 0 Å². The molecule has 4 nitrogen and oxygen atoms in total. The largest absolute Gasteiger partial charge is 0.303 e. The van der Waals surface area contributed by atoms with Crippen molar-refractivity contribution in [2.24, 2.45) is 5.10 Å². The van der Waals surface area contributed by atoms with Crippen molar-refractivity contribution in [1.82, 2.24) is 15.0 Å². The maximum atomic E-state index is 4.31. The van der Waals surface area contributed by atoms with Crippen molar-refractivity contribution >= 4 is 5.71 Å². The van der Waals surface area contributed by atoms with Crippen molar-refractivity contribution in [2.75, 3.05) is 41.8 Å². The Balaban J connectivity index is 3.76. The molecule has 0 aliphatic heterocycles. The fourth-order valence-corrected chi connectivity index (χ4v) is 0.915. The summed E-state index contributed by atoms with van der Waals surface area (Å²) in [5.74, 6) is 0. The third-order valence-corrected chi connectivity index (χ3v) is 1.85. The van der Waals surface area contributed by atoms with Gasteiger partial charge in [0.1, 0.15) is 0 Å². The smallest absolute Gasteiger partial charge is 0.0363 e. The number of hydrazine groups is 1. The van der Waals surface area contributed by atoms with Crippen molar-refractivity contribution in [2.45, 2.75) is 13.3 Å². The van der Waals surface area contributed by atoms with Crippen LogP contribution in [0, 0.1) is 0 Å². The van der Waals surface area contributed by atoms with Crippen LogP contribution in [0.15, 0.2) is 5.10 Å². The van der Waals surface area contributed by atoms with Crippen LogP contribution in [0.1, 0.15) is 13.3 Å². The highest BCUT2D eigenvalue weighted by Crippen LogP contribution is 1.93. The molecule has 0 aromatic heterocycles. The van der Waals surface area contributed by atoms with Gasteiger partial charge < -0.3 is 5.01 Å². The van der Waals surface area contributed by atoms with Crippen molar-refractivity contribution in [3.05, 3.63) is 0 Å². The molecule has 0 radical (unpaired) electrons. The van der Waals surface area contributed by atoms with Crippen LogP contribution < -0.4 is 0 Å². The lowest BCUT2D eigenvalue weighted by Crippen LogP contribution is -2.34. The van der Waals surface area contributed by atoms with Crippen molar-refractivity contribution in [3.63, 3.8) is 0 Å². The second kappa shape index (κ2) is 5.94. The van der Waals surface area contributed by atoms with Gasteiger partial charge in [0.2, 0.25) is 0 Å². The van der Waals surface area contributed by atoms with Crippen LogP contribution in [0.25, 0.3) is 0 Å². The topological polar surface area (TPSA) is 22.1 Å². The lowest BCUT2D eigenvalue weighted by molar-refractivity contribution is 0.0595. The Hall–Kier alpha value is -0.610. The molecule has 0 unspecified atom stereocenters. The van der Waals surface area contributed by atoms with Gasteiger partial charge in [0.25, 0.3) is 0 Å². The van der Waals surface area contributed by atoms with Crippen LogP contribution in [0.3, 0.4) is 0 Å². The molecule has 0 N–H and O–H groups in total. The molecule has 0 aromatic carbocycles. The fourth-order valence-electron chi connectivity index (χ4n) is 0.915. The van der Waals surface area contributed by atoms with Gasteiger partial charge in [-0.25, -0.2) is 10.0 Å².